The lowest BCUT2D eigenvalue weighted by Crippen LogP contribution is -2.49. The molecule has 3 nitrogen and oxygen atoms in total. The van der Waals surface area contributed by atoms with Crippen LogP contribution in [0, 0.1) is 10.8 Å². The van der Waals surface area contributed by atoms with E-state index >= 15 is 0 Å². The quantitative estimate of drug-likeness (QED) is 0.628. The molecule has 0 saturated carbocycles. The van der Waals surface area contributed by atoms with Crippen molar-refractivity contribution < 1.29 is 5.11 Å². The van der Waals surface area contributed by atoms with Crippen molar-refractivity contribution in [3.8, 4) is 0 Å². The van der Waals surface area contributed by atoms with Crippen LogP contribution in [0.15, 0.2) is 53.8 Å². The molecule has 3 heteroatoms. The Kier molecular flexibility index (Phi) is 4.49. The molecule has 2 rings (SSSR count). The van der Waals surface area contributed by atoms with Crippen molar-refractivity contribution >= 4 is 5.69 Å². The maximum atomic E-state index is 11.4. The highest BCUT2D eigenvalue weighted by atomic mass is 16.3. The van der Waals surface area contributed by atoms with Gasteiger partial charge in [0.25, 0.3) is 0 Å². The van der Waals surface area contributed by atoms with E-state index in [9.17, 15) is 5.11 Å². The van der Waals surface area contributed by atoms with Crippen LogP contribution in [-0.2, 0) is 0 Å². The van der Waals surface area contributed by atoms with Gasteiger partial charge < -0.3 is 5.11 Å². The van der Waals surface area contributed by atoms with Crippen LogP contribution in [0.1, 0.15) is 48.0 Å². The summed E-state index contributed by atoms with van der Waals surface area (Å²) in [6, 6.07) is 9.88. The zero-order chi connectivity index (χ0) is 17.5. The molecule has 0 heterocycles. The number of hydrogen-bond donors (Lipinski definition) is 2. The molecular weight excluding hydrogens is 284 g/mol. The molecule has 1 aromatic rings. The topological polar surface area (TPSA) is 49.5 Å². The normalized spacial score (nSPS) is 22.4. The molecule has 1 atom stereocenters. The lowest BCUT2D eigenvalue weighted by atomic mass is 9.62. The number of benzene rings is 1. The van der Waals surface area contributed by atoms with E-state index in [2.05, 4.69) is 47.6 Å². The Labute approximate surface area is 140 Å². The summed E-state index contributed by atoms with van der Waals surface area (Å²) in [6.45, 7) is 12.7. The third-order valence-electron chi connectivity index (χ3n) is 4.71. The summed E-state index contributed by atoms with van der Waals surface area (Å²) in [6.07, 6.45) is 4.66. The Morgan fingerprint density at radius 2 is 1.61 bits per heavy atom. The zero-order valence-electron chi connectivity index (χ0n) is 15.2. The third-order valence-corrected chi connectivity index (χ3v) is 4.71. The summed E-state index contributed by atoms with van der Waals surface area (Å²) in [5, 5.41) is 13.1. The first-order valence-electron chi connectivity index (χ1n) is 8.22. The van der Waals surface area contributed by atoms with E-state index in [1.165, 1.54) is 0 Å². The molecule has 1 aliphatic carbocycles. The van der Waals surface area contributed by atoms with Crippen LogP contribution < -0.4 is 10.9 Å². The predicted molar refractivity (Wildman–Crippen MR) is 97.8 cm³/mol. The summed E-state index contributed by atoms with van der Waals surface area (Å²) in [7, 11) is 0. The molecule has 0 saturated heterocycles. The highest BCUT2D eigenvalue weighted by Crippen LogP contribution is 2.49. The molecule has 1 unspecified atom stereocenters. The van der Waals surface area contributed by atoms with Crippen LogP contribution in [0.2, 0.25) is 0 Å². The molecule has 0 bridgehead atoms. The van der Waals surface area contributed by atoms with Crippen molar-refractivity contribution in [2.45, 2.75) is 53.6 Å². The standard InChI is InChI=1S/C20H30N2O/c1-18(2,3)17-14-16(12-13-20(17,23)19(4,5)6)22(21)15-10-8-7-9-11-15/h7-12,14,23H,13,21H2,1-6H3. The Morgan fingerprint density at radius 3 is 2.09 bits per heavy atom. The van der Waals surface area contributed by atoms with Crippen LogP contribution in [0.25, 0.3) is 0 Å². The summed E-state index contributed by atoms with van der Waals surface area (Å²) in [4.78, 5) is 0. The maximum absolute atomic E-state index is 11.4. The van der Waals surface area contributed by atoms with Crippen LogP contribution in [0.3, 0.4) is 0 Å². The van der Waals surface area contributed by atoms with Crippen molar-refractivity contribution in [2.75, 3.05) is 5.01 Å². The fraction of sp³-hybridized carbons (Fsp3) is 0.500. The molecule has 126 valence electrons. The van der Waals surface area contributed by atoms with Crippen molar-refractivity contribution in [2.24, 2.45) is 16.7 Å². The minimum atomic E-state index is -0.869. The van der Waals surface area contributed by atoms with Gasteiger partial charge in [-0.2, -0.15) is 0 Å². The summed E-state index contributed by atoms with van der Waals surface area (Å²) in [5.74, 6) is 6.31. The van der Waals surface area contributed by atoms with Gasteiger partial charge in [-0.15, -0.1) is 0 Å². The fourth-order valence-electron chi connectivity index (χ4n) is 3.14. The van der Waals surface area contributed by atoms with E-state index in [1.807, 2.05) is 36.4 Å². The monoisotopic (exact) mass is 314 g/mol. The third kappa shape index (κ3) is 3.36. The van der Waals surface area contributed by atoms with Gasteiger partial charge in [0.2, 0.25) is 0 Å². The highest BCUT2D eigenvalue weighted by molar-refractivity contribution is 5.55. The second-order valence-electron chi connectivity index (χ2n) is 8.46. The molecule has 0 spiro atoms. The Hall–Kier alpha value is -1.58. The van der Waals surface area contributed by atoms with Gasteiger partial charge in [0.1, 0.15) is 0 Å². The van der Waals surface area contributed by atoms with Gasteiger partial charge in [0.05, 0.1) is 17.0 Å². The average Bonchev–Trinajstić information content (AvgIpc) is 2.45. The lowest BCUT2D eigenvalue weighted by molar-refractivity contribution is -0.0364. The number of anilines is 1. The SMILES string of the molecule is CC(C)(C)C1=CC(N(N)c2ccccc2)=CCC1(O)C(C)(C)C. The van der Waals surface area contributed by atoms with Gasteiger partial charge in [-0.1, -0.05) is 65.8 Å². The molecule has 3 N–H and O–H groups in total. The molecule has 0 aromatic heterocycles. The smallest absolute Gasteiger partial charge is 0.0948 e. The van der Waals surface area contributed by atoms with Crippen LogP contribution in [-0.4, -0.2) is 10.7 Å². The molecule has 0 fully saturated rings. The number of hydrogen-bond acceptors (Lipinski definition) is 3. The zero-order valence-corrected chi connectivity index (χ0v) is 15.2. The molecule has 23 heavy (non-hydrogen) atoms. The molecule has 0 aliphatic heterocycles. The van der Waals surface area contributed by atoms with Crippen molar-refractivity contribution in [1.29, 1.82) is 0 Å². The predicted octanol–water partition coefficient (Wildman–Crippen LogP) is 4.40. The van der Waals surface area contributed by atoms with E-state index in [4.69, 9.17) is 5.84 Å². The Balaban J connectivity index is 2.46. The minimum Gasteiger partial charge on any atom is -0.385 e. The number of rotatable bonds is 2. The van der Waals surface area contributed by atoms with E-state index in [0.29, 0.717) is 6.42 Å². The Bertz CT molecular complexity index is 617. The first-order chi connectivity index (χ1) is 10.5. The van der Waals surface area contributed by atoms with E-state index < -0.39 is 5.60 Å². The van der Waals surface area contributed by atoms with Gasteiger partial charge in [-0.05, 0) is 34.6 Å². The highest BCUT2D eigenvalue weighted by Gasteiger charge is 2.47. The second-order valence-corrected chi connectivity index (χ2v) is 8.46. The summed E-state index contributed by atoms with van der Waals surface area (Å²) >= 11 is 0. The first kappa shape index (κ1) is 17.8. The van der Waals surface area contributed by atoms with E-state index in [1.54, 1.807) is 5.01 Å². The summed E-state index contributed by atoms with van der Waals surface area (Å²) in [5.41, 5.74) is 1.63. The maximum Gasteiger partial charge on any atom is 0.0948 e. The number of hydrazine groups is 1. The molecule has 0 radical (unpaired) electrons. The number of aliphatic hydroxyl groups is 1. The Morgan fingerprint density at radius 1 is 1.04 bits per heavy atom. The number of nitrogens with zero attached hydrogens (tertiary/aromatic N) is 1. The van der Waals surface area contributed by atoms with Gasteiger partial charge in [-0.25, -0.2) is 5.84 Å². The minimum absolute atomic E-state index is 0.140. The first-order valence-corrected chi connectivity index (χ1v) is 8.22. The average molecular weight is 314 g/mol. The van der Waals surface area contributed by atoms with Gasteiger partial charge in [0, 0.05) is 6.42 Å². The number of para-hydroxylation sites is 1. The van der Waals surface area contributed by atoms with Crippen molar-refractivity contribution in [1.82, 2.24) is 0 Å². The van der Waals surface area contributed by atoms with E-state index in [0.717, 1.165) is 17.0 Å². The number of allylic oxidation sites excluding steroid dienone is 1. The molecule has 1 aliphatic rings. The van der Waals surface area contributed by atoms with Gasteiger partial charge in [0.15, 0.2) is 0 Å². The summed E-state index contributed by atoms with van der Waals surface area (Å²) < 4.78 is 0. The largest absolute Gasteiger partial charge is 0.385 e. The molecular formula is C20H30N2O. The molecule has 1 aromatic carbocycles. The number of nitrogens with two attached hydrogens (primary N) is 1. The van der Waals surface area contributed by atoms with Crippen molar-refractivity contribution in [3.05, 3.63) is 53.8 Å². The van der Waals surface area contributed by atoms with Gasteiger partial charge >= 0.3 is 0 Å². The fourth-order valence-corrected chi connectivity index (χ4v) is 3.14. The van der Waals surface area contributed by atoms with E-state index in [-0.39, 0.29) is 10.8 Å². The lowest BCUT2D eigenvalue weighted by Gasteiger charge is -2.48. The molecule has 0 amide bonds. The second kappa shape index (κ2) is 5.81. The van der Waals surface area contributed by atoms with Crippen LogP contribution >= 0.6 is 0 Å². The van der Waals surface area contributed by atoms with Gasteiger partial charge in [-0.3, -0.25) is 5.01 Å². The van der Waals surface area contributed by atoms with Crippen molar-refractivity contribution in [3.63, 3.8) is 0 Å². The van der Waals surface area contributed by atoms with Crippen LogP contribution in [0.5, 0.6) is 0 Å². The van der Waals surface area contributed by atoms with Crippen LogP contribution in [0.4, 0.5) is 5.69 Å².